The topological polar surface area (TPSA) is 26.0 Å². The van der Waals surface area contributed by atoms with Crippen LogP contribution in [0, 0.1) is 0 Å². The highest BCUT2D eigenvalue weighted by atomic mass is 32.2. The molecule has 3 aromatic rings. The van der Waals surface area contributed by atoms with Crippen molar-refractivity contribution in [2.75, 3.05) is 0 Å². The number of hydrogen-bond acceptors (Lipinski definition) is 2. The third-order valence-electron chi connectivity index (χ3n) is 3.45. The van der Waals surface area contributed by atoms with Crippen molar-refractivity contribution in [1.82, 2.24) is 0 Å². The highest BCUT2D eigenvalue weighted by Gasteiger charge is 2.02. The maximum Gasteiger partial charge on any atom is 0.0235 e. The van der Waals surface area contributed by atoms with E-state index in [2.05, 4.69) is 60.7 Å². The molecule has 0 spiro atoms. The zero-order chi connectivity index (χ0) is 13.8. The Morgan fingerprint density at radius 1 is 0.750 bits per heavy atom. The zero-order valence-electron chi connectivity index (χ0n) is 11.3. The smallest absolute Gasteiger partial charge is 0.0235 e. The molecule has 0 aliphatic rings. The van der Waals surface area contributed by atoms with Gasteiger partial charge in [0.05, 0.1) is 0 Å². The van der Waals surface area contributed by atoms with Crippen molar-refractivity contribution in [1.29, 1.82) is 0 Å². The second kappa shape index (κ2) is 6.12. The van der Waals surface area contributed by atoms with Crippen LogP contribution in [0.15, 0.2) is 71.6 Å². The van der Waals surface area contributed by atoms with E-state index >= 15 is 0 Å². The van der Waals surface area contributed by atoms with E-state index in [9.17, 15) is 0 Å². The van der Waals surface area contributed by atoms with Crippen LogP contribution in [0.2, 0.25) is 0 Å². The van der Waals surface area contributed by atoms with E-state index in [4.69, 9.17) is 5.73 Å². The Bertz CT molecular complexity index is 721. The van der Waals surface area contributed by atoms with Gasteiger partial charge in [0.25, 0.3) is 0 Å². The second-order valence-electron chi connectivity index (χ2n) is 4.77. The summed E-state index contributed by atoms with van der Waals surface area (Å²) in [5.74, 6) is 0.964. The third-order valence-corrected chi connectivity index (χ3v) is 4.50. The Kier molecular flexibility index (Phi) is 4.05. The molecule has 0 aromatic heterocycles. The molecule has 3 rings (SSSR count). The molecule has 0 bridgehead atoms. The van der Waals surface area contributed by atoms with Gasteiger partial charge in [-0.1, -0.05) is 54.6 Å². The minimum atomic E-state index is 0.606. The lowest BCUT2D eigenvalue weighted by atomic mass is 10.1. The van der Waals surface area contributed by atoms with Crippen LogP contribution in [0.1, 0.15) is 11.1 Å². The van der Waals surface area contributed by atoms with Gasteiger partial charge >= 0.3 is 0 Å². The maximum absolute atomic E-state index is 5.78. The summed E-state index contributed by atoms with van der Waals surface area (Å²) in [7, 11) is 0. The fourth-order valence-corrected chi connectivity index (χ4v) is 3.29. The van der Waals surface area contributed by atoms with E-state index in [1.54, 1.807) is 0 Å². The van der Waals surface area contributed by atoms with Gasteiger partial charge in [0, 0.05) is 17.2 Å². The van der Waals surface area contributed by atoms with Gasteiger partial charge in [-0.15, -0.1) is 11.8 Å². The van der Waals surface area contributed by atoms with E-state index in [1.165, 1.54) is 26.8 Å². The second-order valence-corrected chi connectivity index (χ2v) is 5.82. The SMILES string of the molecule is NCc1ccccc1CSc1ccc2ccccc2c1. The summed E-state index contributed by atoms with van der Waals surface area (Å²) >= 11 is 1.86. The van der Waals surface area contributed by atoms with Gasteiger partial charge in [0.2, 0.25) is 0 Å². The van der Waals surface area contributed by atoms with Gasteiger partial charge in [-0.3, -0.25) is 0 Å². The summed E-state index contributed by atoms with van der Waals surface area (Å²) in [6.45, 7) is 0.606. The summed E-state index contributed by atoms with van der Waals surface area (Å²) in [6.07, 6.45) is 0. The van der Waals surface area contributed by atoms with Gasteiger partial charge in [-0.2, -0.15) is 0 Å². The number of nitrogens with two attached hydrogens (primary N) is 1. The summed E-state index contributed by atoms with van der Waals surface area (Å²) in [6, 6.07) is 23.5. The highest BCUT2D eigenvalue weighted by molar-refractivity contribution is 7.98. The maximum atomic E-state index is 5.78. The first-order chi connectivity index (χ1) is 9.86. The van der Waals surface area contributed by atoms with Crippen molar-refractivity contribution in [3.63, 3.8) is 0 Å². The van der Waals surface area contributed by atoms with Gasteiger partial charge in [0.15, 0.2) is 0 Å². The van der Waals surface area contributed by atoms with Crippen LogP contribution in [0.3, 0.4) is 0 Å². The van der Waals surface area contributed by atoms with Crippen LogP contribution in [0.5, 0.6) is 0 Å². The van der Waals surface area contributed by atoms with Crippen molar-refractivity contribution >= 4 is 22.5 Å². The number of thioether (sulfide) groups is 1. The lowest BCUT2D eigenvalue weighted by molar-refractivity contribution is 1.04. The van der Waals surface area contributed by atoms with Crippen LogP contribution in [0.25, 0.3) is 10.8 Å². The Morgan fingerprint density at radius 3 is 2.25 bits per heavy atom. The molecule has 0 fully saturated rings. The molecule has 0 aliphatic heterocycles. The van der Waals surface area contributed by atoms with E-state index in [0.29, 0.717) is 6.54 Å². The summed E-state index contributed by atoms with van der Waals surface area (Å²) in [4.78, 5) is 1.30. The number of rotatable bonds is 4. The van der Waals surface area contributed by atoms with E-state index in [1.807, 2.05) is 17.8 Å². The molecule has 20 heavy (non-hydrogen) atoms. The molecule has 2 N–H and O–H groups in total. The van der Waals surface area contributed by atoms with E-state index < -0.39 is 0 Å². The molecule has 0 saturated heterocycles. The average molecular weight is 279 g/mol. The molecule has 0 aliphatic carbocycles. The predicted octanol–water partition coefficient (Wildman–Crippen LogP) is 4.59. The van der Waals surface area contributed by atoms with Crippen molar-refractivity contribution in [2.24, 2.45) is 5.73 Å². The summed E-state index contributed by atoms with van der Waals surface area (Å²) < 4.78 is 0. The Labute approximate surface area is 123 Å². The lowest BCUT2D eigenvalue weighted by Gasteiger charge is -2.08. The Balaban J connectivity index is 1.79. The van der Waals surface area contributed by atoms with Gasteiger partial charge in [-0.05, 0) is 34.0 Å². The number of benzene rings is 3. The van der Waals surface area contributed by atoms with Crippen molar-refractivity contribution in [3.05, 3.63) is 77.9 Å². The first-order valence-electron chi connectivity index (χ1n) is 6.75. The standard InChI is InChI=1S/C18H17NS/c19-12-16-7-3-4-8-17(16)13-20-18-10-9-14-5-1-2-6-15(14)11-18/h1-11H,12-13,19H2. The largest absolute Gasteiger partial charge is 0.326 e. The molecular formula is C18H17NS. The molecular weight excluding hydrogens is 262 g/mol. The van der Waals surface area contributed by atoms with Crippen LogP contribution < -0.4 is 5.73 Å². The van der Waals surface area contributed by atoms with Crippen LogP contribution in [-0.4, -0.2) is 0 Å². The first-order valence-corrected chi connectivity index (χ1v) is 7.74. The lowest BCUT2D eigenvalue weighted by Crippen LogP contribution is -2.00. The minimum Gasteiger partial charge on any atom is -0.326 e. The molecule has 100 valence electrons. The molecule has 0 atom stereocenters. The fraction of sp³-hybridized carbons (Fsp3) is 0.111. The summed E-state index contributed by atoms with van der Waals surface area (Å²) in [5, 5.41) is 2.59. The molecule has 0 unspecified atom stereocenters. The first kappa shape index (κ1) is 13.2. The van der Waals surface area contributed by atoms with Gasteiger partial charge in [0.1, 0.15) is 0 Å². The number of hydrogen-bond donors (Lipinski definition) is 1. The van der Waals surface area contributed by atoms with E-state index in [-0.39, 0.29) is 0 Å². The van der Waals surface area contributed by atoms with E-state index in [0.717, 1.165) is 5.75 Å². The third kappa shape index (κ3) is 2.87. The summed E-state index contributed by atoms with van der Waals surface area (Å²) in [5.41, 5.74) is 8.35. The minimum absolute atomic E-state index is 0.606. The molecule has 0 radical (unpaired) electrons. The quantitative estimate of drug-likeness (QED) is 0.707. The normalized spacial score (nSPS) is 10.8. The molecule has 0 saturated carbocycles. The average Bonchev–Trinajstić information content (AvgIpc) is 2.53. The van der Waals surface area contributed by atoms with Crippen molar-refractivity contribution < 1.29 is 0 Å². The molecule has 1 nitrogen and oxygen atoms in total. The van der Waals surface area contributed by atoms with Crippen LogP contribution >= 0.6 is 11.8 Å². The van der Waals surface area contributed by atoms with Crippen molar-refractivity contribution in [2.45, 2.75) is 17.2 Å². The Morgan fingerprint density at radius 2 is 1.45 bits per heavy atom. The zero-order valence-corrected chi connectivity index (χ0v) is 12.1. The van der Waals surface area contributed by atoms with Gasteiger partial charge in [-0.25, -0.2) is 0 Å². The predicted molar refractivity (Wildman–Crippen MR) is 87.8 cm³/mol. The highest BCUT2D eigenvalue weighted by Crippen LogP contribution is 2.27. The van der Waals surface area contributed by atoms with Crippen molar-refractivity contribution in [3.8, 4) is 0 Å². The fourth-order valence-electron chi connectivity index (χ4n) is 2.32. The van der Waals surface area contributed by atoms with Gasteiger partial charge < -0.3 is 5.73 Å². The monoisotopic (exact) mass is 279 g/mol. The molecule has 3 aromatic carbocycles. The molecule has 0 heterocycles. The molecule has 0 amide bonds. The van der Waals surface area contributed by atoms with Crippen LogP contribution in [-0.2, 0) is 12.3 Å². The van der Waals surface area contributed by atoms with Crippen LogP contribution in [0.4, 0.5) is 0 Å². The number of fused-ring (bicyclic) bond motifs is 1. The Hall–Kier alpha value is -1.77. The molecule has 2 heteroatoms.